The first-order valence-electron chi connectivity index (χ1n) is 9.12. The Hall–Kier alpha value is -3.54. The van der Waals surface area contributed by atoms with Crippen LogP contribution >= 0.6 is 0 Å². The number of imidazole rings is 1. The summed E-state index contributed by atoms with van der Waals surface area (Å²) in [7, 11) is 0. The maximum Gasteiger partial charge on any atom is 0.252 e. The SMILES string of the molecule is O=C(NCCCc1ccccn1)c1ccc2nc(-c3ccc(F)cc3)cn2c1. The number of pyridine rings is 2. The Bertz CT molecular complexity index is 1090. The first-order chi connectivity index (χ1) is 13.7. The zero-order chi connectivity index (χ0) is 19.3. The van der Waals surface area contributed by atoms with E-state index in [1.807, 2.05) is 28.8 Å². The number of hydrogen-bond acceptors (Lipinski definition) is 3. The summed E-state index contributed by atoms with van der Waals surface area (Å²) in [6.07, 6.45) is 7.01. The van der Waals surface area contributed by atoms with Crippen LogP contribution in [0.15, 0.2) is 73.2 Å². The fourth-order valence-corrected chi connectivity index (χ4v) is 3.01. The molecule has 0 unspecified atom stereocenters. The summed E-state index contributed by atoms with van der Waals surface area (Å²) in [5.41, 5.74) is 3.86. The van der Waals surface area contributed by atoms with Gasteiger partial charge in [-0.2, -0.15) is 0 Å². The standard InChI is InChI=1S/C22H19FN4O/c23-18-9-6-16(7-10-18)20-15-27-14-17(8-11-21(27)26-20)22(28)25-13-3-5-19-4-1-2-12-24-19/h1-2,4,6-12,14-15H,3,5,13H2,(H,25,28). The lowest BCUT2D eigenvalue weighted by molar-refractivity contribution is 0.0952. The van der Waals surface area contributed by atoms with Crippen molar-refractivity contribution in [2.24, 2.45) is 0 Å². The van der Waals surface area contributed by atoms with Crippen molar-refractivity contribution in [3.05, 3.63) is 90.3 Å². The number of hydrogen-bond donors (Lipinski definition) is 1. The number of carbonyl (C=O) groups excluding carboxylic acids is 1. The van der Waals surface area contributed by atoms with Crippen molar-refractivity contribution in [2.45, 2.75) is 12.8 Å². The van der Waals surface area contributed by atoms with Crippen LogP contribution in [0.3, 0.4) is 0 Å². The molecule has 6 heteroatoms. The second kappa shape index (κ2) is 8.00. The first-order valence-corrected chi connectivity index (χ1v) is 9.12. The largest absolute Gasteiger partial charge is 0.352 e. The summed E-state index contributed by atoms with van der Waals surface area (Å²) in [4.78, 5) is 21.2. The van der Waals surface area contributed by atoms with Gasteiger partial charge < -0.3 is 9.72 Å². The van der Waals surface area contributed by atoms with Crippen LogP contribution in [0.25, 0.3) is 16.9 Å². The van der Waals surface area contributed by atoms with Gasteiger partial charge >= 0.3 is 0 Å². The lowest BCUT2D eigenvalue weighted by Gasteiger charge is -2.05. The van der Waals surface area contributed by atoms with E-state index in [0.29, 0.717) is 12.1 Å². The van der Waals surface area contributed by atoms with Crippen molar-refractivity contribution in [2.75, 3.05) is 6.54 Å². The molecule has 4 aromatic rings. The predicted octanol–water partition coefficient (Wildman–Crippen LogP) is 3.90. The normalized spacial score (nSPS) is 10.9. The lowest BCUT2D eigenvalue weighted by atomic mass is 10.2. The summed E-state index contributed by atoms with van der Waals surface area (Å²) in [6, 6.07) is 15.6. The van der Waals surface area contributed by atoms with Crippen LogP contribution in [0, 0.1) is 5.82 Å². The van der Waals surface area contributed by atoms with Gasteiger partial charge in [0.1, 0.15) is 11.5 Å². The molecule has 0 atom stereocenters. The molecular weight excluding hydrogens is 355 g/mol. The molecule has 0 fully saturated rings. The van der Waals surface area contributed by atoms with Crippen molar-refractivity contribution in [1.82, 2.24) is 19.7 Å². The third-order valence-electron chi connectivity index (χ3n) is 4.47. The van der Waals surface area contributed by atoms with Crippen LogP contribution in [-0.4, -0.2) is 26.8 Å². The van der Waals surface area contributed by atoms with E-state index in [9.17, 15) is 9.18 Å². The fourth-order valence-electron chi connectivity index (χ4n) is 3.01. The summed E-state index contributed by atoms with van der Waals surface area (Å²) >= 11 is 0. The second-order valence-corrected chi connectivity index (χ2v) is 6.50. The molecule has 0 aliphatic carbocycles. The topological polar surface area (TPSA) is 59.3 Å². The van der Waals surface area contributed by atoms with Crippen molar-refractivity contribution >= 4 is 11.6 Å². The third kappa shape index (κ3) is 4.06. The average molecular weight is 374 g/mol. The second-order valence-electron chi connectivity index (χ2n) is 6.50. The van der Waals surface area contributed by atoms with Crippen molar-refractivity contribution < 1.29 is 9.18 Å². The highest BCUT2D eigenvalue weighted by atomic mass is 19.1. The van der Waals surface area contributed by atoms with E-state index in [2.05, 4.69) is 15.3 Å². The van der Waals surface area contributed by atoms with E-state index in [-0.39, 0.29) is 11.7 Å². The monoisotopic (exact) mass is 374 g/mol. The molecule has 1 N–H and O–H groups in total. The molecular formula is C22H19FN4O. The number of amides is 1. The molecule has 0 saturated carbocycles. The minimum Gasteiger partial charge on any atom is -0.352 e. The molecule has 3 aromatic heterocycles. The molecule has 0 spiro atoms. The molecule has 0 aliphatic heterocycles. The van der Waals surface area contributed by atoms with Gasteiger partial charge in [-0.15, -0.1) is 0 Å². The van der Waals surface area contributed by atoms with Crippen molar-refractivity contribution in [1.29, 1.82) is 0 Å². The number of benzene rings is 1. The molecule has 3 heterocycles. The van der Waals surface area contributed by atoms with Gasteiger partial charge in [-0.3, -0.25) is 9.78 Å². The van der Waals surface area contributed by atoms with E-state index in [1.165, 1.54) is 12.1 Å². The van der Waals surface area contributed by atoms with Gasteiger partial charge in [0.15, 0.2) is 0 Å². The van der Waals surface area contributed by atoms with Crippen LogP contribution in [-0.2, 0) is 6.42 Å². The Morgan fingerprint density at radius 2 is 1.89 bits per heavy atom. The summed E-state index contributed by atoms with van der Waals surface area (Å²) in [6.45, 7) is 0.582. The highest BCUT2D eigenvalue weighted by Crippen LogP contribution is 2.20. The number of fused-ring (bicyclic) bond motifs is 1. The number of carbonyl (C=O) groups is 1. The number of nitrogens with one attached hydrogen (secondary N) is 1. The maximum atomic E-state index is 13.1. The number of aromatic nitrogens is 3. The maximum absolute atomic E-state index is 13.1. The summed E-state index contributed by atoms with van der Waals surface area (Å²) < 4.78 is 14.9. The minimum absolute atomic E-state index is 0.125. The Balaban J connectivity index is 1.40. The van der Waals surface area contributed by atoms with E-state index in [1.54, 1.807) is 36.7 Å². The van der Waals surface area contributed by atoms with Crippen LogP contribution in [0.2, 0.25) is 0 Å². The zero-order valence-corrected chi connectivity index (χ0v) is 15.2. The number of nitrogens with zero attached hydrogens (tertiary/aromatic N) is 3. The number of aryl methyl sites for hydroxylation is 1. The molecule has 0 aliphatic rings. The first kappa shape index (κ1) is 17.9. The van der Waals surface area contributed by atoms with E-state index in [4.69, 9.17) is 0 Å². The van der Waals surface area contributed by atoms with Crippen LogP contribution < -0.4 is 5.32 Å². The molecule has 0 bridgehead atoms. The van der Waals surface area contributed by atoms with Crippen LogP contribution in [0.1, 0.15) is 22.5 Å². The highest BCUT2D eigenvalue weighted by molar-refractivity contribution is 5.94. The molecule has 0 saturated heterocycles. The van der Waals surface area contributed by atoms with Gasteiger partial charge in [0.05, 0.1) is 11.3 Å². The Morgan fingerprint density at radius 1 is 1.04 bits per heavy atom. The third-order valence-corrected chi connectivity index (χ3v) is 4.47. The van der Waals surface area contributed by atoms with Gasteiger partial charge in [-0.1, -0.05) is 6.07 Å². The van der Waals surface area contributed by atoms with Gasteiger partial charge in [0, 0.05) is 36.4 Å². The van der Waals surface area contributed by atoms with Gasteiger partial charge in [0.2, 0.25) is 0 Å². The van der Waals surface area contributed by atoms with E-state index >= 15 is 0 Å². The van der Waals surface area contributed by atoms with Crippen LogP contribution in [0.4, 0.5) is 4.39 Å². The smallest absolute Gasteiger partial charge is 0.252 e. The van der Waals surface area contributed by atoms with E-state index < -0.39 is 0 Å². The Kier molecular flexibility index (Phi) is 5.10. The lowest BCUT2D eigenvalue weighted by Crippen LogP contribution is -2.25. The molecule has 1 amide bonds. The highest BCUT2D eigenvalue weighted by Gasteiger charge is 2.09. The summed E-state index contributed by atoms with van der Waals surface area (Å²) in [5, 5.41) is 2.94. The van der Waals surface area contributed by atoms with Gasteiger partial charge in [-0.05, 0) is 61.4 Å². The van der Waals surface area contributed by atoms with Crippen molar-refractivity contribution in [3.8, 4) is 11.3 Å². The van der Waals surface area contributed by atoms with Crippen molar-refractivity contribution in [3.63, 3.8) is 0 Å². The minimum atomic E-state index is -0.283. The van der Waals surface area contributed by atoms with E-state index in [0.717, 1.165) is 35.4 Å². The predicted molar refractivity (Wildman–Crippen MR) is 105 cm³/mol. The molecule has 140 valence electrons. The molecule has 5 nitrogen and oxygen atoms in total. The fraction of sp³-hybridized carbons (Fsp3) is 0.136. The Labute approximate surface area is 161 Å². The number of rotatable bonds is 6. The average Bonchev–Trinajstić information content (AvgIpc) is 3.15. The zero-order valence-electron chi connectivity index (χ0n) is 15.2. The van der Waals surface area contributed by atoms with Gasteiger partial charge in [-0.25, -0.2) is 9.37 Å². The Morgan fingerprint density at radius 3 is 2.68 bits per heavy atom. The number of halogens is 1. The molecule has 4 rings (SSSR count). The van der Waals surface area contributed by atoms with Crippen LogP contribution in [0.5, 0.6) is 0 Å². The molecule has 0 radical (unpaired) electrons. The quantitative estimate of drug-likeness (QED) is 0.521. The summed E-state index contributed by atoms with van der Waals surface area (Å²) in [5.74, 6) is -0.408. The molecule has 1 aromatic carbocycles. The van der Waals surface area contributed by atoms with Gasteiger partial charge in [0.25, 0.3) is 5.91 Å². The molecule has 28 heavy (non-hydrogen) atoms.